The van der Waals surface area contributed by atoms with E-state index in [1.165, 1.54) is 23.0 Å². The lowest BCUT2D eigenvalue weighted by molar-refractivity contribution is -0.137. The van der Waals surface area contributed by atoms with E-state index in [9.17, 15) is 52.7 Å². The first-order chi connectivity index (χ1) is 52.5. The second-order valence-electron chi connectivity index (χ2n) is 26.1. The molecule has 109 heavy (non-hydrogen) atoms. The maximum absolute atomic E-state index is 14.8. The molecule has 0 radical (unpaired) electrons. The van der Waals surface area contributed by atoms with E-state index in [2.05, 4.69) is 31.2 Å². The number of methoxy groups -OCH3 is 1. The molecule has 0 aliphatic carbocycles. The molecule has 11 amide bonds. The summed E-state index contributed by atoms with van der Waals surface area (Å²) < 4.78 is 49.7. The van der Waals surface area contributed by atoms with Gasteiger partial charge in [0, 0.05) is 118 Å². The minimum atomic E-state index is -1.05. The van der Waals surface area contributed by atoms with Gasteiger partial charge in [-0.05, 0) is 109 Å². The van der Waals surface area contributed by atoms with Crippen LogP contribution in [0.4, 0.5) is 36.2 Å². The predicted octanol–water partition coefficient (Wildman–Crippen LogP) is 7.71. The van der Waals surface area contributed by atoms with Gasteiger partial charge in [-0.2, -0.15) is 0 Å². The summed E-state index contributed by atoms with van der Waals surface area (Å²) in [4.78, 5) is 157. The molecule has 8 rings (SSSR count). The molecule has 0 spiro atoms. The summed E-state index contributed by atoms with van der Waals surface area (Å²) in [6, 6.07) is 21.8. The Balaban J connectivity index is 0.850. The van der Waals surface area contributed by atoms with Gasteiger partial charge in [0.05, 0.1) is 89.6 Å². The van der Waals surface area contributed by atoms with Crippen molar-refractivity contribution in [1.29, 1.82) is 0 Å². The summed E-state index contributed by atoms with van der Waals surface area (Å²) in [6.07, 6.45) is 2.30. The number of urea groups is 1. The van der Waals surface area contributed by atoms with Gasteiger partial charge in [0.2, 0.25) is 11.8 Å². The summed E-state index contributed by atoms with van der Waals surface area (Å²) in [7, 11) is 3.11. The van der Waals surface area contributed by atoms with Crippen LogP contribution in [-0.2, 0) is 63.7 Å². The molecule has 4 heterocycles. The second kappa shape index (κ2) is 42.7. The standard InChI is InChI=1S/C76H95ClN12O20/c1-48(2)68(85-74(98)107-39-37-102-29-28-88-64(92)22-23-65(88)93)61(90)42-52(11-9-24-80-73(79)97)71(95)82-55-18-14-50(15-19-55)47-108-75(99)86(4)26-27-87(25-7-6-13-63(78)91)76(100)109-62-43-60-67(66-49(3)10-8-12-58(62)66)54(44-77)46-89(60)72(96)59-41-53-40-56(45-81-69(53)84-59)83-70(94)51-16-20-57(21-17-51)106-38-36-105-35-34-104-33-32-103-31-30-101-5/h8,10,12,14-23,40-41,43,45,48,52,54,68H,6-7,9,11,13,24-39,42,44,46-47H2,1-5H3,(H2,78,91)(H,81,84)(H,82,95)(H,83,94)(H,85,98)(H3,79,80,97)/t52-,54-,68+/m1/s1. The molecule has 3 atom stereocenters. The number of amides is 11. The third-order valence-electron chi connectivity index (χ3n) is 17.7. The fourth-order valence-corrected chi connectivity index (χ4v) is 12.2. The van der Waals surface area contributed by atoms with Crippen LogP contribution in [0.25, 0.3) is 21.8 Å². The average molecular weight is 1530 g/mol. The number of likely N-dealkylation sites (N-methyl/N-ethyl adjacent to an activating group) is 1. The number of nitrogens with two attached hydrogens (primary N) is 2. The molecule has 2 aromatic heterocycles. The van der Waals surface area contributed by atoms with Crippen LogP contribution in [-0.4, -0.2) is 228 Å². The number of hydrogen-bond donors (Lipinski definition) is 7. The number of aromatic nitrogens is 2. The van der Waals surface area contributed by atoms with E-state index in [0.717, 1.165) is 33.6 Å². The number of nitrogens with one attached hydrogen (secondary N) is 5. The van der Waals surface area contributed by atoms with Crippen molar-refractivity contribution >= 4 is 116 Å². The quantitative estimate of drug-likeness (QED) is 0.0109. The Bertz CT molecular complexity index is 4160. The van der Waals surface area contributed by atoms with Crippen molar-refractivity contribution in [1.82, 2.24) is 35.3 Å². The number of nitrogens with zero attached hydrogens (tertiary/aromatic N) is 5. The Morgan fingerprint density at radius 1 is 0.743 bits per heavy atom. The highest BCUT2D eigenvalue weighted by Gasteiger charge is 2.37. The fourth-order valence-electron chi connectivity index (χ4n) is 12.0. The van der Waals surface area contributed by atoms with Crippen LogP contribution in [0.5, 0.6) is 11.5 Å². The molecule has 2 aliphatic heterocycles. The molecule has 0 unspecified atom stereocenters. The lowest BCUT2D eigenvalue weighted by Gasteiger charge is -2.26. The van der Waals surface area contributed by atoms with Crippen molar-refractivity contribution in [3.8, 4) is 11.5 Å². The lowest BCUT2D eigenvalue weighted by atomic mass is 9.89. The SMILES string of the molecule is COCCOCCOCCOCCOc1ccc(C(=O)Nc2cnc3[nH]c(C(=O)N4C[C@@H](CCl)c5c4cc(OC(=O)N(CCCCC(N)=O)CCN(C)C(=O)OCc4ccc(NC(=O)[C@H](CCCNC(N)=O)CC(=O)[C@@H](NC(=O)OCCOCCN6C(=O)C=CC6=O)C(C)C)cc4)c4cccc(C)c54)cc3c2)cc1. The molecule has 33 heteroatoms. The van der Waals surface area contributed by atoms with E-state index in [0.29, 0.717) is 116 Å². The Kier molecular flexibility index (Phi) is 32.8. The van der Waals surface area contributed by atoms with Crippen LogP contribution in [0.1, 0.15) is 95.8 Å². The number of fused-ring (bicyclic) bond motifs is 4. The number of imide groups is 1. The van der Waals surface area contributed by atoms with Crippen LogP contribution in [0, 0.1) is 18.8 Å². The number of alkyl carbamates (subject to hydrolysis) is 1. The molecule has 32 nitrogen and oxygen atoms in total. The molecular weight excluding hydrogens is 1440 g/mol. The van der Waals surface area contributed by atoms with Crippen LogP contribution >= 0.6 is 11.6 Å². The first-order valence-electron chi connectivity index (χ1n) is 35.8. The van der Waals surface area contributed by atoms with Crippen molar-refractivity contribution in [3.63, 3.8) is 0 Å². The Morgan fingerprint density at radius 2 is 1.43 bits per heavy atom. The zero-order valence-corrected chi connectivity index (χ0v) is 62.5. The first kappa shape index (κ1) is 83.9. The van der Waals surface area contributed by atoms with Gasteiger partial charge < -0.3 is 95.0 Å². The third-order valence-corrected chi connectivity index (χ3v) is 18.1. The molecule has 0 bridgehead atoms. The molecule has 9 N–H and O–H groups in total. The number of unbranched alkanes of at least 4 members (excludes halogenated alkanes) is 1. The van der Waals surface area contributed by atoms with Gasteiger partial charge in [-0.3, -0.25) is 38.5 Å². The monoisotopic (exact) mass is 1530 g/mol. The second-order valence-corrected chi connectivity index (χ2v) is 26.4. The smallest absolute Gasteiger partial charge is 0.415 e. The van der Waals surface area contributed by atoms with Crippen molar-refractivity contribution < 1.29 is 95.4 Å². The normalized spacial score (nSPS) is 13.6. The number of aromatic amines is 1. The highest BCUT2D eigenvalue weighted by molar-refractivity contribution is 6.20. The van der Waals surface area contributed by atoms with E-state index in [4.69, 9.17) is 65.7 Å². The molecule has 0 fully saturated rings. The molecule has 4 aromatic carbocycles. The first-order valence-corrected chi connectivity index (χ1v) is 36.4. The van der Waals surface area contributed by atoms with Gasteiger partial charge in [0.25, 0.3) is 23.6 Å². The Hall–Kier alpha value is -10.8. The number of aryl methyl sites for hydroxylation is 1. The van der Waals surface area contributed by atoms with Crippen LogP contribution in [0.3, 0.4) is 0 Å². The predicted molar refractivity (Wildman–Crippen MR) is 402 cm³/mol. The summed E-state index contributed by atoms with van der Waals surface area (Å²) in [5, 5.41) is 12.6. The number of hydrogen-bond acceptors (Lipinski definition) is 21. The number of ether oxygens (including phenoxy) is 9. The number of H-pyrrole nitrogens is 1. The lowest BCUT2D eigenvalue weighted by Crippen LogP contribution is -2.46. The zero-order chi connectivity index (χ0) is 78.4. The zero-order valence-electron chi connectivity index (χ0n) is 61.7. The minimum absolute atomic E-state index is 0.0146. The maximum Gasteiger partial charge on any atom is 0.415 e. The number of rotatable bonds is 45. The molecule has 0 saturated carbocycles. The fraction of sp³-hybridized carbons (Fsp3) is 0.447. The van der Waals surface area contributed by atoms with Gasteiger partial charge >= 0.3 is 24.3 Å². The molecule has 586 valence electrons. The van der Waals surface area contributed by atoms with Gasteiger partial charge in [-0.25, -0.2) is 24.2 Å². The van der Waals surface area contributed by atoms with E-state index in [1.54, 1.807) is 92.6 Å². The van der Waals surface area contributed by atoms with Crippen LogP contribution in [0.2, 0.25) is 0 Å². The summed E-state index contributed by atoms with van der Waals surface area (Å²) in [5.74, 6) is -4.00. The summed E-state index contributed by atoms with van der Waals surface area (Å²) in [5.41, 5.74) is 15.1. The van der Waals surface area contributed by atoms with E-state index < -0.39 is 83.4 Å². The number of alkyl halides is 1. The van der Waals surface area contributed by atoms with Crippen LogP contribution in [0.15, 0.2) is 103 Å². The van der Waals surface area contributed by atoms with Crippen molar-refractivity contribution in [3.05, 3.63) is 131 Å². The van der Waals surface area contributed by atoms with Gasteiger partial charge in [-0.15, -0.1) is 11.6 Å². The van der Waals surface area contributed by atoms with Crippen molar-refractivity contribution in [2.75, 3.05) is 148 Å². The molecule has 0 saturated heterocycles. The van der Waals surface area contributed by atoms with Gasteiger partial charge in [-0.1, -0.05) is 44.2 Å². The number of Topliss-reactive ketones (excluding diaryl/α,β-unsaturated/α-hetero) is 1. The third kappa shape index (κ3) is 25.4. The Labute approximate surface area is 635 Å². The van der Waals surface area contributed by atoms with Crippen molar-refractivity contribution in [2.45, 2.75) is 77.9 Å². The summed E-state index contributed by atoms with van der Waals surface area (Å²) >= 11 is 6.71. The number of carbonyl (C=O) groups is 11. The number of ketones is 1. The van der Waals surface area contributed by atoms with Gasteiger partial charge in [0.1, 0.15) is 42.7 Å². The number of halogens is 1. The summed E-state index contributed by atoms with van der Waals surface area (Å²) in [6.45, 7) is 8.72. The molecule has 2 aliphatic rings. The van der Waals surface area contributed by atoms with Gasteiger partial charge in [0.15, 0.2) is 5.78 Å². The minimum Gasteiger partial charge on any atom is -0.491 e. The van der Waals surface area contributed by atoms with Crippen molar-refractivity contribution in [2.24, 2.45) is 23.3 Å². The molecular formula is C76H95ClN12O20. The van der Waals surface area contributed by atoms with E-state index >= 15 is 0 Å². The highest BCUT2D eigenvalue weighted by Crippen LogP contribution is 2.47. The van der Waals surface area contributed by atoms with Crippen LogP contribution < -0.4 is 47.1 Å². The number of primary amides is 2. The van der Waals surface area contributed by atoms with E-state index in [1.807, 2.05) is 25.1 Å². The number of pyridine rings is 1. The topological polar surface area (TPSA) is 413 Å². The maximum atomic E-state index is 14.8. The number of carbonyl (C=O) groups excluding carboxylic acids is 11. The Morgan fingerprint density at radius 3 is 2.11 bits per heavy atom. The molecule has 6 aromatic rings. The average Bonchev–Trinajstić information content (AvgIpc) is 1.65. The largest absolute Gasteiger partial charge is 0.491 e. The van der Waals surface area contributed by atoms with E-state index in [-0.39, 0.29) is 115 Å². The number of anilines is 3. The number of benzene rings is 4. The highest BCUT2D eigenvalue weighted by atomic mass is 35.5.